The number of amides is 1. The highest BCUT2D eigenvalue weighted by Crippen LogP contribution is 2.29. The first kappa shape index (κ1) is 22.8. The predicted octanol–water partition coefficient (Wildman–Crippen LogP) is 4.78. The number of furan rings is 1. The molecule has 6 heteroatoms. The summed E-state index contributed by atoms with van der Waals surface area (Å²) >= 11 is 0. The van der Waals surface area contributed by atoms with Gasteiger partial charge in [0.1, 0.15) is 17.3 Å². The number of aryl methyl sites for hydroxylation is 3. The van der Waals surface area contributed by atoms with Gasteiger partial charge in [-0.25, -0.2) is 0 Å². The largest absolute Gasteiger partial charge is 0.497 e. The Labute approximate surface area is 195 Å². The second kappa shape index (κ2) is 9.61. The van der Waals surface area contributed by atoms with E-state index in [1.54, 1.807) is 20.3 Å². The van der Waals surface area contributed by atoms with Crippen molar-refractivity contribution >= 4 is 11.6 Å². The molecule has 0 spiro atoms. The first-order valence-corrected chi connectivity index (χ1v) is 11.3. The molecule has 1 aliphatic rings. The van der Waals surface area contributed by atoms with Gasteiger partial charge in [0.05, 0.1) is 14.2 Å². The van der Waals surface area contributed by atoms with Crippen molar-refractivity contribution in [2.45, 2.75) is 27.2 Å². The van der Waals surface area contributed by atoms with Crippen LogP contribution >= 0.6 is 0 Å². The van der Waals surface area contributed by atoms with Gasteiger partial charge in [0.2, 0.25) is 0 Å². The highest BCUT2D eigenvalue weighted by molar-refractivity contribution is 5.91. The topological polar surface area (TPSA) is 55.2 Å². The van der Waals surface area contributed by atoms with E-state index in [1.165, 1.54) is 22.3 Å². The third kappa shape index (κ3) is 5.00. The lowest BCUT2D eigenvalue weighted by molar-refractivity contribution is 0.0713. The zero-order valence-electron chi connectivity index (χ0n) is 20.1. The highest BCUT2D eigenvalue weighted by Gasteiger charge is 2.25. The lowest BCUT2D eigenvalue weighted by atomic mass is 9.97. The predicted molar refractivity (Wildman–Crippen MR) is 130 cm³/mol. The number of rotatable bonds is 6. The highest BCUT2D eigenvalue weighted by atomic mass is 16.5. The van der Waals surface area contributed by atoms with Crippen LogP contribution in [0, 0.1) is 20.8 Å². The van der Waals surface area contributed by atoms with Gasteiger partial charge >= 0.3 is 0 Å². The van der Waals surface area contributed by atoms with Crippen molar-refractivity contribution in [3.63, 3.8) is 0 Å². The molecule has 0 atom stereocenters. The monoisotopic (exact) mass is 448 g/mol. The summed E-state index contributed by atoms with van der Waals surface area (Å²) in [6, 6.07) is 13.9. The van der Waals surface area contributed by atoms with Gasteiger partial charge in [-0.1, -0.05) is 17.7 Å². The number of methoxy groups -OCH3 is 2. The Hall–Kier alpha value is -3.41. The van der Waals surface area contributed by atoms with Crippen molar-refractivity contribution < 1.29 is 18.7 Å². The molecule has 1 saturated heterocycles. The van der Waals surface area contributed by atoms with E-state index in [1.807, 2.05) is 29.2 Å². The average molecular weight is 449 g/mol. The molecule has 1 fully saturated rings. The Morgan fingerprint density at radius 1 is 0.879 bits per heavy atom. The molecule has 0 saturated carbocycles. The number of carbonyl (C=O) groups excluding carboxylic acids is 1. The molecule has 4 rings (SSSR count). The number of benzene rings is 2. The molecule has 1 aliphatic heterocycles. The SMILES string of the molecule is COc1cc(OC)cc(N2CCN(C(=O)c3ccc(Cc4c(C)cc(C)cc4C)o3)CC2)c1. The van der Waals surface area contributed by atoms with E-state index in [2.05, 4.69) is 37.8 Å². The minimum Gasteiger partial charge on any atom is -0.497 e. The van der Waals surface area contributed by atoms with Gasteiger partial charge in [0.25, 0.3) is 5.91 Å². The molecule has 6 nitrogen and oxygen atoms in total. The Kier molecular flexibility index (Phi) is 6.63. The van der Waals surface area contributed by atoms with Gasteiger partial charge in [-0.3, -0.25) is 4.79 Å². The van der Waals surface area contributed by atoms with Crippen LogP contribution in [0.5, 0.6) is 11.5 Å². The maximum atomic E-state index is 13.1. The fourth-order valence-corrected chi connectivity index (χ4v) is 4.55. The average Bonchev–Trinajstić information content (AvgIpc) is 3.29. The minimum absolute atomic E-state index is 0.0542. The van der Waals surface area contributed by atoms with Crippen molar-refractivity contribution in [2.75, 3.05) is 45.3 Å². The molecule has 0 N–H and O–H groups in total. The lowest BCUT2D eigenvalue weighted by Gasteiger charge is -2.36. The first-order valence-electron chi connectivity index (χ1n) is 11.3. The molecule has 1 aromatic heterocycles. The number of piperazine rings is 1. The number of hydrogen-bond donors (Lipinski definition) is 0. The third-order valence-corrected chi connectivity index (χ3v) is 6.33. The van der Waals surface area contributed by atoms with Crippen molar-refractivity contribution in [3.05, 3.63) is 76.2 Å². The Morgan fingerprint density at radius 3 is 2.06 bits per heavy atom. The van der Waals surface area contributed by atoms with Crippen LogP contribution in [-0.4, -0.2) is 51.2 Å². The smallest absolute Gasteiger partial charge is 0.289 e. The molecule has 0 radical (unpaired) electrons. The second-order valence-corrected chi connectivity index (χ2v) is 8.67. The van der Waals surface area contributed by atoms with Crippen molar-refractivity contribution in [3.8, 4) is 11.5 Å². The Bertz CT molecular complexity index is 1100. The summed E-state index contributed by atoms with van der Waals surface area (Å²) in [6.45, 7) is 9.09. The maximum Gasteiger partial charge on any atom is 0.289 e. The molecule has 3 aromatic rings. The van der Waals surface area contributed by atoms with Gasteiger partial charge in [0, 0.05) is 56.5 Å². The van der Waals surface area contributed by atoms with E-state index in [4.69, 9.17) is 13.9 Å². The number of nitrogens with zero attached hydrogens (tertiary/aromatic N) is 2. The molecule has 2 aromatic carbocycles. The van der Waals surface area contributed by atoms with Crippen molar-refractivity contribution in [1.82, 2.24) is 4.90 Å². The number of ether oxygens (including phenoxy) is 2. The maximum absolute atomic E-state index is 13.1. The van der Waals surface area contributed by atoms with Crippen molar-refractivity contribution in [2.24, 2.45) is 0 Å². The van der Waals surface area contributed by atoms with E-state index in [9.17, 15) is 4.79 Å². The second-order valence-electron chi connectivity index (χ2n) is 8.67. The van der Waals surface area contributed by atoms with Crippen LogP contribution in [-0.2, 0) is 6.42 Å². The molecule has 174 valence electrons. The van der Waals surface area contributed by atoms with E-state index >= 15 is 0 Å². The van der Waals surface area contributed by atoms with Crippen molar-refractivity contribution in [1.29, 1.82) is 0 Å². The lowest BCUT2D eigenvalue weighted by Crippen LogP contribution is -2.48. The summed E-state index contributed by atoms with van der Waals surface area (Å²) < 4.78 is 16.8. The number of carbonyl (C=O) groups is 1. The zero-order chi connectivity index (χ0) is 23.5. The van der Waals surface area contributed by atoms with E-state index < -0.39 is 0 Å². The van der Waals surface area contributed by atoms with Crippen LogP contribution in [0.15, 0.2) is 46.9 Å². The summed E-state index contributed by atoms with van der Waals surface area (Å²) in [5, 5.41) is 0. The summed E-state index contributed by atoms with van der Waals surface area (Å²) in [5.74, 6) is 2.68. The fraction of sp³-hybridized carbons (Fsp3) is 0.370. The molecule has 1 amide bonds. The van der Waals surface area contributed by atoms with E-state index in [0.29, 0.717) is 25.3 Å². The summed E-state index contributed by atoms with van der Waals surface area (Å²) in [6.07, 6.45) is 0.691. The van der Waals surface area contributed by atoms with E-state index in [0.717, 1.165) is 36.0 Å². The van der Waals surface area contributed by atoms with Crippen LogP contribution in [0.1, 0.15) is 38.6 Å². The zero-order valence-corrected chi connectivity index (χ0v) is 20.1. The summed E-state index contributed by atoms with van der Waals surface area (Å²) in [7, 11) is 3.29. The summed E-state index contributed by atoms with van der Waals surface area (Å²) in [4.78, 5) is 17.2. The molecular weight excluding hydrogens is 416 g/mol. The Morgan fingerprint density at radius 2 is 1.48 bits per heavy atom. The fourth-order valence-electron chi connectivity index (χ4n) is 4.55. The molecule has 0 bridgehead atoms. The van der Waals surface area contributed by atoms with Gasteiger partial charge in [-0.15, -0.1) is 0 Å². The standard InChI is InChI=1S/C27H32N2O4/c1-18-12-19(2)25(20(3)13-18)17-22-6-7-26(33-22)27(30)29-10-8-28(9-11-29)21-14-23(31-4)16-24(15-21)32-5/h6-7,12-16H,8-11,17H2,1-5H3. The molecule has 33 heavy (non-hydrogen) atoms. The molecule has 0 aliphatic carbocycles. The first-order chi connectivity index (χ1) is 15.9. The van der Waals surface area contributed by atoms with Crippen LogP contribution in [0.4, 0.5) is 5.69 Å². The molecular formula is C27H32N2O4. The quantitative estimate of drug-likeness (QED) is 0.543. The normalized spacial score (nSPS) is 13.8. The van der Waals surface area contributed by atoms with Gasteiger partial charge in [-0.05, 0) is 49.6 Å². The van der Waals surface area contributed by atoms with Crippen LogP contribution in [0.2, 0.25) is 0 Å². The molecule has 0 unspecified atom stereocenters. The summed E-state index contributed by atoms with van der Waals surface area (Å²) in [5.41, 5.74) is 6.05. The van der Waals surface area contributed by atoms with Gasteiger partial charge in [-0.2, -0.15) is 0 Å². The van der Waals surface area contributed by atoms with Gasteiger partial charge < -0.3 is 23.7 Å². The Balaban J connectivity index is 1.40. The van der Waals surface area contributed by atoms with E-state index in [-0.39, 0.29) is 5.91 Å². The third-order valence-electron chi connectivity index (χ3n) is 6.33. The van der Waals surface area contributed by atoms with Crippen LogP contribution < -0.4 is 14.4 Å². The van der Waals surface area contributed by atoms with Crippen LogP contribution in [0.3, 0.4) is 0 Å². The number of hydrogen-bond acceptors (Lipinski definition) is 5. The molecule has 2 heterocycles. The van der Waals surface area contributed by atoms with Crippen LogP contribution in [0.25, 0.3) is 0 Å². The van der Waals surface area contributed by atoms with Gasteiger partial charge in [0.15, 0.2) is 5.76 Å². The minimum atomic E-state index is -0.0542. The number of anilines is 1.